The Kier molecular flexibility index (Phi) is 7.06. The molecule has 146 valence electrons. The van der Waals surface area contributed by atoms with Crippen molar-refractivity contribution in [1.82, 2.24) is 5.32 Å². The number of para-hydroxylation sites is 2. The monoisotopic (exact) mass is 413 g/mol. The van der Waals surface area contributed by atoms with Crippen LogP contribution in [0.4, 0.5) is 11.4 Å². The van der Waals surface area contributed by atoms with Crippen LogP contribution in [0.5, 0.6) is 0 Å². The summed E-state index contributed by atoms with van der Waals surface area (Å²) in [5.74, 6) is 0.487. The Morgan fingerprint density at radius 1 is 1.14 bits per heavy atom. The molecule has 1 saturated heterocycles. The van der Waals surface area contributed by atoms with Gasteiger partial charge in [-0.25, -0.2) is 0 Å². The minimum absolute atomic E-state index is 0.281. The van der Waals surface area contributed by atoms with Crippen LogP contribution in [0.2, 0.25) is 5.02 Å². The minimum atomic E-state index is -0.281. The molecular formula is C22H24ClN3OS. The molecule has 1 amide bonds. The predicted molar refractivity (Wildman–Crippen MR) is 122 cm³/mol. The van der Waals surface area contributed by atoms with E-state index >= 15 is 0 Å². The summed E-state index contributed by atoms with van der Waals surface area (Å²) in [5.41, 5.74) is 2.91. The highest BCUT2D eigenvalue weighted by Gasteiger charge is 2.18. The maximum Gasteiger partial charge on any atom is 0.250 e. The van der Waals surface area contributed by atoms with E-state index in [0.29, 0.717) is 5.02 Å². The topological polar surface area (TPSA) is 44.4 Å². The number of piperidine rings is 1. The van der Waals surface area contributed by atoms with Crippen molar-refractivity contribution in [3.63, 3.8) is 0 Å². The van der Waals surface area contributed by atoms with E-state index in [4.69, 9.17) is 23.8 Å². The molecule has 3 rings (SSSR count). The molecule has 0 aliphatic carbocycles. The standard InChI is InChI=1S/C22H24ClN3OS/c1-16-12-14-26(15-13-16)20-5-3-2-4-19(20)24-22(28)25-21(27)11-8-17-6-9-18(23)10-7-17/h2-11,16H,12-15H2,1H3,(H2,24,25,27,28)/b11-8+. The van der Waals surface area contributed by atoms with E-state index in [1.165, 1.54) is 18.9 Å². The van der Waals surface area contributed by atoms with E-state index in [9.17, 15) is 4.79 Å². The lowest BCUT2D eigenvalue weighted by Crippen LogP contribution is -2.35. The fourth-order valence-corrected chi connectivity index (χ4v) is 3.49. The van der Waals surface area contributed by atoms with Gasteiger partial charge in [-0.15, -0.1) is 0 Å². The third kappa shape index (κ3) is 5.81. The Hall–Kier alpha value is -2.37. The van der Waals surface area contributed by atoms with Crippen molar-refractivity contribution in [1.29, 1.82) is 0 Å². The van der Waals surface area contributed by atoms with Gasteiger partial charge in [0.25, 0.3) is 0 Å². The number of rotatable bonds is 4. The van der Waals surface area contributed by atoms with Crippen LogP contribution in [-0.4, -0.2) is 24.1 Å². The SMILES string of the molecule is CC1CCN(c2ccccc2NC(=S)NC(=O)/C=C/c2ccc(Cl)cc2)CC1. The van der Waals surface area contributed by atoms with Crippen molar-refractivity contribution in [3.05, 3.63) is 65.2 Å². The highest BCUT2D eigenvalue weighted by molar-refractivity contribution is 7.80. The maximum atomic E-state index is 12.1. The molecule has 1 fully saturated rings. The van der Waals surface area contributed by atoms with Crippen LogP contribution in [0.3, 0.4) is 0 Å². The highest BCUT2D eigenvalue weighted by Crippen LogP contribution is 2.29. The Labute approximate surface area is 176 Å². The Morgan fingerprint density at radius 3 is 2.54 bits per heavy atom. The number of amides is 1. The molecule has 6 heteroatoms. The van der Waals surface area contributed by atoms with E-state index in [1.807, 2.05) is 30.3 Å². The number of nitrogens with one attached hydrogen (secondary N) is 2. The number of benzene rings is 2. The molecule has 0 saturated carbocycles. The number of hydrogen-bond donors (Lipinski definition) is 2. The lowest BCUT2D eigenvalue weighted by atomic mass is 9.98. The van der Waals surface area contributed by atoms with Crippen molar-refractivity contribution in [2.24, 2.45) is 5.92 Å². The second-order valence-electron chi connectivity index (χ2n) is 7.01. The molecule has 2 aromatic carbocycles. The quantitative estimate of drug-likeness (QED) is 0.540. The van der Waals surface area contributed by atoms with Gasteiger partial charge in [-0.3, -0.25) is 10.1 Å². The number of carbonyl (C=O) groups excluding carboxylic acids is 1. The molecule has 2 aromatic rings. The molecule has 0 spiro atoms. The summed E-state index contributed by atoms with van der Waals surface area (Å²) in [6.07, 6.45) is 5.54. The summed E-state index contributed by atoms with van der Waals surface area (Å²) < 4.78 is 0. The summed E-state index contributed by atoms with van der Waals surface area (Å²) in [5, 5.41) is 6.80. The number of carbonyl (C=O) groups is 1. The van der Waals surface area contributed by atoms with Gasteiger partial charge in [-0.05, 0) is 66.9 Å². The van der Waals surface area contributed by atoms with Crippen molar-refractivity contribution < 1.29 is 4.79 Å². The molecule has 0 aromatic heterocycles. The third-order valence-electron chi connectivity index (χ3n) is 4.81. The molecule has 1 aliphatic rings. The fraction of sp³-hybridized carbons (Fsp3) is 0.273. The van der Waals surface area contributed by atoms with Gasteiger partial charge in [-0.1, -0.05) is 42.8 Å². The Bertz CT molecular complexity index is 858. The molecule has 1 heterocycles. The summed E-state index contributed by atoms with van der Waals surface area (Å²) in [6, 6.07) is 15.3. The summed E-state index contributed by atoms with van der Waals surface area (Å²) in [7, 11) is 0. The molecule has 0 bridgehead atoms. The zero-order valence-corrected chi connectivity index (χ0v) is 17.4. The van der Waals surface area contributed by atoms with Gasteiger partial charge in [0.1, 0.15) is 0 Å². The highest BCUT2D eigenvalue weighted by atomic mass is 35.5. The summed E-state index contributed by atoms with van der Waals surface area (Å²) in [6.45, 7) is 4.36. The molecule has 0 radical (unpaired) electrons. The third-order valence-corrected chi connectivity index (χ3v) is 5.27. The molecule has 1 aliphatic heterocycles. The number of nitrogens with zero attached hydrogens (tertiary/aromatic N) is 1. The van der Waals surface area contributed by atoms with Crippen LogP contribution in [0.25, 0.3) is 6.08 Å². The minimum Gasteiger partial charge on any atom is -0.370 e. The van der Waals surface area contributed by atoms with Gasteiger partial charge in [0.2, 0.25) is 5.91 Å². The van der Waals surface area contributed by atoms with Crippen LogP contribution in [0, 0.1) is 5.92 Å². The van der Waals surface area contributed by atoms with Gasteiger partial charge in [-0.2, -0.15) is 0 Å². The zero-order valence-electron chi connectivity index (χ0n) is 15.8. The number of anilines is 2. The van der Waals surface area contributed by atoms with Crippen molar-refractivity contribution in [2.45, 2.75) is 19.8 Å². The fourth-order valence-electron chi connectivity index (χ4n) is 3.16. The van der Waals surface area contributed by atoms with Crippen LogP contribution >= 0.6 is 23.8 Å². The van der Waals surface area contributed by atoms with E-state index in [0.717, 1.165) is 35.9 Å². The molecule has 2 N–H and O–H groups in total. The first-order chi connectivity index (χ1) is 13.5. The van der Waals surface area contributed by atoms with Crippen LogP contribution in [0.1, 0.15) is 25.3 Å². The Balaban J connectivity index is 1.59. The molecule has 0 unspecified atom stereocenters. The average Bonchev–Trinajstić information content (AvgIpc) is 2.69. The number of hydrogen-bond acceptors (Lipinski definition) is 3. The van der Waals surface area contributed by atoms with Crippen LogP contribution < -0.4 is 15.5 Å². The van der Waals surface area contributed by atoms with Crippen molar-refractivity contribution in [2.75, 3.05) is 23.3 Å². The van der Waals surface area contributed by atoms with E-state index in [2.05, 4.69) is 28.5 Å². The van der Waals surface area contributed by atoms with E-state index < -0.39 is 0 Å². The molecule has 0 atom stereocenters. The smallest absolute Gasteiger partial charge is 0.250 e. The van der Waals surface area contributed by atoms with Gasteiger partial charge in [0, 0.05) is 24.2 Å². The van der Waals surface area contributed by atoms with Gasteiger partial charge in [0.05, 0.1) is 11.4 Å². The van der Waals surface area contributed by atoms with E-state index in [-0.39, 0.29) is 11.0 Å². The average molecular weight is 414 g/mol. The Morgan fingerprint density at radius 2 is 1.82 bits per heavy atom. The second-order valence-corrected chi connectivity index (χ2v) is 7.86. The first-order valence-electron chi connectivity index (χ1n) is 9.41. The summed E-state index contributed by atoms with van der Waals surface area (Å²) >= 11 is 11.2. The first kappa shape index (κ1) is 20.4. The number of thiocarbonyl (C=S) groups is 1. The second kappa shape index (κ2) is 9.71. The van der Waals surface area contributed by atoms with Gasteiger partial charge in [0.15, 0.2) is 5.11 Å². The van der Waals surface area contributed by atoms with Gasteiger partial charge >= 0.3 is 0 Å². The summed E-state index contributed by atoms with van der Waals surface area (Å²) in [4.78, 5) is 14.5. The lowest BCUT2D eigenvalue weighted by Gasteiger charge is -2.33. The lowest BCUT2D eigenvalue weighted by molar-refractivity contribution is -0.115. The molecule has 4 nitrogen and oxygen atoms in total. The maximum absolute atomic E-state index is 12.1. The van der Waals surface area contributed by atoms with Crippen molar-refractivity contribution in [3.8, 4) is 0 Å². The predicted octanol–water partition coefficient (Wildman–Crippen LogP) is 5.10. The van der Waals surface area contributed by atoms with Crippen LogP contribution in [-0.2, 0) is 4.79 Å². The first-order valence-corrected chi connectivity index (χ1v) is 10.2. The van der Waals surface area contributed by atoms with Crippen molar-refractivity contribution >= 4 is 52.3 Å². The molecule has 28 heavy (non-hydrogen) atoms. The van der Waals surface area contributed by atoms with E-state index in [1.54, 1.807) is 18.2 Å². The van der Waals surface area contributed by atoms with Crippen LogP contribution in [0.15, 0.2) is 54.6 Å². The number of halogens is 1. The molecular weight excluding hydrogens is 390 g/mol. The largest absolute Gasteiger partial charge is 0.370 e. The van der Waals surface area contributed by atoms with Gasteiger partial charge < -0.3 is 10.2 Å². The zero-order chi connectivity index (χ0) is 19.9. The normalized spacial score (nSPS) is 14.9.